The Bertz CT molecular complexity index is 642. The molecule has 1 aromatic heterocycles. The molecule has 0 spiro atoms. The lowest BCUT2D eigenvalue weighted by Gasteiger charge is -2.06. The van der Waals surface area contributed by atoms with Crippen molar-refractivity contribution >= 4 is 24.1 Å². The van der Waals surface area contributed by atoms with Crippen molar-refractivity contribution in [3.05, 3.63) is 26.4 Å². The predicted molar refractivity (Wildman–Crippen MR) is 65.7 cm³/mol. The fourth-order valence-corrected chi connectivity index (χ4v) is 1.82. The monoisotopic (exact) mass is 269 g/mol. The number of hydrogen-bond donors (Lipinski definition) is 3. The van der Waals surface area contributed by atoms with E-state index in [0.717, 1.165) is 4.57 Å². The molecule has 0 saturated carbocycles. The Labute approximate surface area is 107 Å². The second-order valence-electron chi connectivity index (χ2n) is 3.96. The number of thiol groups is 1. The normalized spacial score (nSPS) is 17.6. The third-order valence-corrected chi connectivity index (χ3v) is 2.97. The summed E-state index contributed by atoms with van der Waals surface area (Å²) in [5.74, 6) is -0.249. The van der Waals surface area contributed by atoms with E-state index >= 15 is 0 Å². The van der Waals surface area contributed by atoms with Gasteiger partial charge in [0.1, 0.15) is 6.10 Å². The highest BCUT2D eigenvalue weighted by molar-refractivity contribution is 7.80. The first-order chi connectivity index (χ1) is 8.41. The molecule has 0 bridgehead atoms. The molecular formula is C10H11N3O4S. The summed E-state index contributed by atoms with van der Waals surface area (Å²) in [5.41, 5.74) is -1.48. The summed E-state index contributed by atoms with van der Waals surface area (Å²) in [7, 11) is 1.29. The first-order valence-electron chi connectivity index (χ1n) is 5.16. The molecule has 2 rings (SSSR count). The zero-order valence-electron chi connectivity index (χ0n) is 9.52. The number of aromatic amines is 1. The quantitative estimate of drug-likeness (QED) is 0.284. The van der Waals surface area contributed by atoms with Crippen molar-refractivity contribution in [1.29, 1.82) is 5.41 Å². The number of aromatic nitrogens is 2. The summed E-state index contributed by atoms with van der Waals surface area (Å²) in [6.45, 7) is 0.365. The van der Waals surface area contributed by atoms with Crippen LogP contribution in [0.4, 0.5) is 0 Å². The maximum Gasteiger partial charge on any atom is 0.328 e. The number of Topliss-reactive ketones (excluding diaryl/α,β-unsaturated/α-hetero) is 1. The zero-order chi connectivity index (χ0) is 13.4. The summed E-state index contributed by atoms with van der Waals surface area (Å²) < 4.78 is 5.64. The Morgan fingerprint density at radius 2 is 2.22 bits per heavy atom. The second kappa shape index (κ2) is 4.54. The van der Waals surface area contributed by atoms with Gasteiger partial charge in [-0.2, -0.15) is 0 Å². The Morgan fingerprint density at radius 3 is 2.78 bits per heavy atom. The summed E-state index contributed by atoms with van der Waals surface area (Å²) in [6.07, 6.45) is -0.667. The Kier molecular flexibility index (Phi) is 3.22. The molecule has 0 amide bonds. The first kappa shape index (κ1) is 12.8. The molecule has 1 aliphatic heterocycles. The number of ether oxygens (including phenoxy) is 1. The predicted octanol–water partition coefficient (Wildman–Crippen LogP) is -0.912. The van der Waals surface area contributed by atoms with Crippen LogP contribution in [0.5, 0.6) is 0 Å². The molecule has 0 aliphatic carbocycles. The Hall–Kier alpha value is -1.67. The minimum atomic E-state index is -0.640. The van der Waals surface area contributed by atoms with Crippen molar-refractivity contribution in [2.24, 2.45) is 7.05 Å². The van der Waals surface area contributed by atoms with E-state index in [1.54, 1.807) is 0 Å². The standard InChI is InChI=1S/C10H11N3O4S/c1-13-9(15)7(8(18)12-10(13)16)4(11)2-5(14)6-3-17-6/h6,11,18H,2-3H2,1H3,(H,12,16). The van der Waals surface area contributed by atoms with Gasteiger partial charge in [0.15, 0.2) is 5.78 Å². The van der Waals surface area contributed by atoms with Crippen LogP contribution in [0.25, 0.3) is 0 Å². The van der Waals surface area contributed by atoms with Gasteiger partial charge in [-0.1, -0.05) is 0 Å². The molecule has 2 heterocycles. The van der Waals surface area contributed by atoms with E-state index in [4.69, 9.17) is 10.1 Å². The number of nitrogens with zero attached hydrogens (tertiary/aromatic N) is 1. The number of ketones is 1. The van der Waals surface area contributed by atoms with Crippen LogP contribution in [0.3, 0.4) is 0 Å². The van der Waals surface area contributed by atoms with Crippen LogP contribution < -0.4 is 11.2 Å². The highest BCUT2D eigenvalue weighted by atomic mass is 32.1. The molecule has 1 saturated heterocycles. The Balaban J connectivity index is 2.35. The van der Waals surface area contributed by atoms with Crippen LogP contribution >= 0.6 is 12.6 Å². The molecule has 18 heavy (non-hydrogen) atoms. The highest BCUT2D eigenvalue weighted by Gasteiger charge is 2.32. The van der Waals surface area contributed by atoms with Gasteiger partial charge < -0.3 is 15.1 Å². The van der Waals surface area contributed by atoms with E-state index in [0.29, 0.717) is 6.61 Å². The molecule has 1 atom stereocenters. The zero-order valence-corrected chi connectivity index (χ0v) is 10.4. The van der Waals surface area contributed by atoms with Crippen molar-refractivity contribution in [3.8, 4) is 0 Å². The van der Waals surface area contributed by atoms with E-state index in [9.17, 15) is 14.4 Å². The summed E-state index contributed by atoms with van der Waals surface area (Å²) in [4.78, 5) is 36.9. The fraction of sp³-hybridized carbons (Fsp3) is 0.400. The van der Waals surface area contributed by atoms with Gasteiger partial charge >= 0.3 is 5.69 Å². The number of rotatable bonds is 4. The third-order valence-electron chi connectivity index (χ3n) is 2.63. The SMILES string of the molecule is Cn1c(=O)[nH]c(S)c(C(=N)CC(=O)C2CO2)c1=O. The van der Waals surface area contributed by atoms with Gasteiger partial charge in [0.05, 0.1) is 29.3 Å². The van der Waals surface area contributed by atoms with Crippen LogP contribution in [0, 0.1) is 5.41 Å². The number of H-pyrrole nitrogens is 1. The van der Waals surface area contributed by atoms with Crippen molar-refractivity contribution < 1.29 is 9.53 Å². The maximum atomic E-state index is 11.8. The third kappa shape index (κ3) is 2.29. The lowest BCUT2D eigenvalue weighted by atomic mass is 10.1. The van der Waals surface area contributed by atoms with Crippen LogP contribution in [0.1, 0.15) is 12.0 Å². The Morgan fingerprint density at radius 1 is 1.61 bits per heavy atom. The maximum absolute atomic E-state index is 11.8. The van der Waals surface area contributed by atoms with Crippen LogP contribution in [0.15, 0.2) is 14.6 Å². The number of carbonyl (C=O) groups is 1. The van der Waals surface area contributed by atoms with Crippen molar-refractivity contribution in [1.82, 2.24) is 9.55 Å². The smallest absolute Gasteiger partial charge is 0.328 e. The minimum Gasteiger partial charge on any atom is -0.365 e. The second-order valence-corrected chi connectivity index (χ2v) is 4.41. The van der Waals surface area contributed by atoms with Gasteiger partial charge in [0.25, 0.3) is 5.56 Å². The molecule has 1 aromatic rings. The van der Waals surface area contributed by atoms with Gasteiger partial charge in [-0.25, -0.2) is 4.79 Å². The number of nitrogens with one attached hydrogen (secondary N) is 2. The molecule has 1 fully saturated rings. The molecule has 0 radical (unpaired) electrons. The van der Waals surface area contributed by atoms with Crippen molar-refractivity contribution in [2.75, 3.05) is 6.61 Å². The molecule has 1 unspecified atom stereocenters. The summed E-state index contributed by atoms with van der Waals surface area (Å²) in [5, 5.41) is 7.77. The molecule has 2 N–H and O–H groups in total. The molecule has 0 aromatic carbocycles. The van der Waals surface area contributed by atoms with Gasteiger partial charge in [0, 0.05) is 7.05 Å². The molecule has 8 heteroatoms. The molecule has 1 aliphatic rings. The lowest BCUT2D eigenvalue weighted by molar-refractivity contribution is -0.119. The van der Waals surface area contributed by atoms with Gasteiger partial charge in [-0.3, -0.25) is 14.2 Å². The van der Waals surface area contributed by atoms with Crippen molar-refractivity contribution in [3.63, 3.8) is 0 Å². The topological polar surface area (TPSA) is 108 Å². The van der Waals surface area contributed by atoms with Crippen molar-refractivity contribution in [2.45, 2.75) is 17.6 Å². The lowest BCUT2D eigenvalue weighted by Crippen LogP contribution is -2.37. The summed E-state index contributed by atoms with van der Waals surface area (Å²) in [6, 6.07) is 0. The molecule has 7 nitrogen and oxygen atoms in total. The van der Waals surface area contributed by atoms with Crippen LogP contribution in [-0.4, -0.2) is 33.8 Å². The highest BCUT2D eigenvalue weighted by Crippen LogP contribution is 2.14. The molecule has 96 valence electrons. The van der Waals surface area contributed by atoms with E-state index in [1.807, 2.05) is 0 Å². The van der Waals surface area contributed by atoms with Gasteiger partial charge in [0.2, 0.25) is 0 Å². The first-order valence-corrected chi connectivity index (χ1v) is 5.61. The van der Waals surface area contributed by atoms with E-state index < -0.39 is 17.4 Å². The van der Waals surface area contributed by atoms with E-state index in [1.165, 1.54) is 7.05 Å². The average Bonchev–Trinajstić information content (AvgIpc) is 3.09. The summed E-state index contributed by atoms with van der Waals surface area (Å²) >= 11 is 3.96. The number of epoxide rings is 1. The largest absolute Gasteiger partial charge is 0.365 e. The van der Waals surface area contributed by atoms with Crippen LogP contribution in [0.2, 0.25) is 0 Å². The minimum absolute atomic E-state index is 0.00221. The van der Waals surface area contributed by atoms with Gasteiger partial charge in [-0.05, 0) is 0 Å². The van der Waals surface area contributed by atoms with E-state index in [2.05, 4.69) is 17.6 Å². The fourth-order valence-electron chi connectivity index (χ4n) is 1.49. The van der Waals surface area contributed by atoms with Crippen LogP contribution in [-0.2, 0) is 16.6 Å². The number of carbonyl (C=O) groups excluding carboxylic acids is 1. The van der Waals surface area contributed by atoms with E-state index in [-0.39, 0.29) is 28.5 Å². The average molecular weight is 269 g/mol. The van der Waals surface area contributed by atoms with Gasteiger partial charge in [-0.15, -0.1) is 12.6 Å². The molecular weight excluding hydrogens is 258 g/mol. The number of hydrogen-bond acceptors (Lipinski definition) is 6.